The molecule has 1 aromatic rings. The van der Waals surface area contributed by atoms with Gasteiger partial charge in [0.1, 0.15) is 17.6 Å². The van der Waals surface area contributed by atoms with E-state index in [2.05, 4.69) is 27.4 Å². The van der Waals surface area contributed by atoms with Gasteiger partial charge in [-0.05, 0) is 55.8 Å². The van der Waals surface area contributed by atoms with Gasteiger partial charge in [0.05, 0.1) is 22.5 Å². The third-order valence-electron chi connectivity index (χ3n) is 12.0. The summed E-state index contributed by atoms with van der Waals surface area (Å²) in [4.78, 5) is 65.2. The third kappa shape index (κ3) is 5.28. The fraction of sp³-hybridized carbons (Fsp3) is 0.727. The van der Waals surface area contributed by atoms with Crippen LogP contribution in [0.2, 0.25) is 0 Å². The van der Waals surface area contributed by atoms with Crippen molar-refractivity contribution >= 4 is 46.9 Å². The molecular weight excluding hydrogens is 601 g/mol. The number of Topliss-reactive ketones (excluding diaryl/α,β-unsaturated/α-hetero) is 1. The predicted molar refractivity (Wildman–Crippen MR) is 174 cm³/mol. The van der Waals surface area contributed by atoms with Gasteiger partial charge in [-0.3, -0.25) is 24.0 Å². The molecule has 1 aliphatic heterocycles. The van der Waals surface area contributed by atoms with Crippen molar-refractivity contribution in [2.75, 3.05) is 28.7 Å². The molecule has 0 radical (unpaired) electrons. The standard InChI is InChI=1S/C33H46N2O7S2/c1-6-31(4)14-22(32(5)18(2)9-11-33(19(3)30(31)41)12-10-21(36)29(32)33)42-24(38)17-43-15-20-8-7-13-35(20)25-26(39)27(40)28(25)44-16-23(34)37/h6,18-20,22,29-30,41H,1,7-17H2,2-5H3,(H2,34,37)/t18-,19+,20?,22-,29+,30+,31-,32+,33+/m1/s1. The van der Waals surface area contributed by atoms with Crippen LogP contribution in [0.25, 0.3) is 0 Å². The number of hydrogen-bond acceptors (Lipinski definition) is 10. The molecule has 3 N–H and O–H groups in total. The number of anilines is 1. The SMILES string of the molecule is C=C[C@]1(C)C[C@@H](OC(=O)CSCC2CCCN2c2c(SCC(N)=O)c(=O)c2=O)[C@]2(C)[C@H](C)CC[C@]3(CCC(=O)[C@H]32)[C@@H](C)[C@@H]1O. The summed E-state index contributed by atoms with van der Waals surface area (Å²) in [6.45, 7) is 13.1. The van der Waals surface area contributed by atoms with E-state index in [0.717, 1.165) is 43.9 Å². The van der Waals surface area contributed by atoms with Gasteiger partial charge in [-0.15, -0.1) is 30.1 Å². The van der Waals surface area contributed by atoms with Gasteiger partial charge in [0.25, 0.3) is 5.43 Å². The minimum atomic E-state index is -0.711. The Morgan fingerprint density at radius 1 is 1.14 bits per heavy atom. The third-order valence-corrected chi connectivity index (χ3v) is 14.1. The van der Waals surface area contributed by atoms with E-state index in [1.165, 1.54) is 11.8 Å². The van der Waals surface area contributed by atoms with Gasteiger partial charge in [-0.25, -0.2) is 0 Å². The van der Waals surface area contributed by atoms with Crippen LogP contribution in [0.4, 0.5) is 5.69 Å². The van der Waals surface area contributed by atoms with Gasteiger partial charge in [-0.1, -0.05) is 33.8 Å². The van der Waals surface area contributed by atoms with E-state index in [9.17, 15) is 29.1 Å². The molecular formula is C33H46N2O7S2. The van der Waals surface area contributed by atoms with Crippen molar-refractivity contribution in [3.8, 4) is 0 Å². The van der Waals surface area contributed by atoms with E-state index < -0.39 is 39.8 Å². The van der Waals surface area contributed by atoms with Crippen molar-refractivity contribution < 1.29 is 24.2 Å². The quantitative estimate of drug-likeness (QED) is 0.168. The van der Waals surface area contributed by atoms with Gasteiger partial charge in [0.15, 0.2) is 0 Å². The lowest BCUT2D eigenvalue weighted by atomic mass is 9.44. The molecule has 4 aliphatic rings. The summed E-state index contributed by atoms with van der Waals surface area (Å²) in [6.07, 6.45) is 5.65. The zero-order valence-electron chi connectivity index (χ0n) is 26.3. The van der Waals surface area contributed by atoms with Crippen LogP contribution in [0.1, 0.15) is 72.6 Å². The molecule has 3 aliphatic carbocycles. The van der Waals surface area contributed by atoms with Crippen LogP contribution >= 0.6 is 23.5 Å². The number of rotatable bonds is 10. The lowest BCUT2D eigenvalue weighted by molar-refractivity contribution is -0.205. The van der Waals surface area contributed by atoms with Crippen molar-refractivity contribution in [3.63, 3.8) is 0 Å². The molecule has 1 unspecified atom stereocenters. The van der Waals surface area contributed by atoms with E-state index in [0.29, 0.717) is 35.7 Å². The first-order chi connectivity index (χ1) is 20.7. The second-order valence-electron chi connectivity index (χ2n) is 14.2. The smallest absolute Gasteiger partial charge is 0.316 e. The molecule has 1 aromatic carbocycles. The van der Waals surface area contributed by atoms with Crippen LogP contribution in [-0.2, 0) is 19.1 Å². The highest BCUT2D eigenvalue weighted by Crippen LogP contribution is 2.68. The Balaban J connectivity index is 1.31. The largest absolute Gasteiger partial charge is 0.461 e. The number of esters is 1. The molecule has 44 heavy (non-hydrogen) atoms. The summed E-state index contributed by atoms with van der Waals surface area (Å²) in [7, 11) is 0. The van der Waals surface area contributed by atoms with Crippen molar-refractivity contribution in [1.82, 2.24) is 0 Å². The summed E-state index contributed by atoms with van der Waals surface area (Å²) in [5, 5.41) is 11.7. The van der Waals surface area contributed by atoms with Crippen LogP contribution in [-0.4, -0.2) is 64.8 Å². The average Bonchev–Trinajstić information content (AvgIpc) is 3.59. The van der Waals surface area contributed by atoms with E-state index in [-0.39, 0.29) is 52.5 Å². The first-order valence-corrected chi connectivity index (χ1v) is 18.0. The number of ether oxygens (including phenoxy) is 1. The monoisotopic (exact) mass is 646 g/mol. The molecule has 9 atom stereocenters. The van der Waals surface area contributed by atoms with Crippen LogP contribution in [0.5, 0.6) is 0 Å². The highest BCUT2D eigenvalue weighted by molar-refractivity contribution is 8.00. The second-order valence-corrected chi connectivity index (χ2v) is 16.2. The number of nitrogens with two attached hydrogens (primary N) is 1. The summed E-state index contributed by atoms with van der Waals surface area (Å²) in [5.74, 6) is -0.276. The summed E-state index contributed by atoms with van der Waals surface area (Å²) < 4.78 is 6.35. The number of nitrogens with zero attached hydrogens (tertiary/aromatic N) is 1. The predicted octanol–water partition coefficient (Wildman–Crippen LogP) is 3.47. The van der Waals surface area contributed by atoms with Crippen molar-refractivity contribution in [2.45, 2.75) is 95.8 Å². The molecule has 4 fully saturated rings. The first-order valence-electron chi connectivity index (χ1n) is 15.8. The average molecular weight is 647 g/mol. The maximum atomic E-state index is 13.6. The lowest BCUT2D eigenvalue weighted by Crippen LogP contribution is -2.63. The maximum Gasteiger partial charge on any atom is 0.316 e. The van der Waals surface area contributed by atoms with E-state index in [4.69, 9.17) is 10.5 Å². The summed E-state index contributed by atoms with van der Waals surface area (Å²) >= 11 is 2.44. The molecule has 1 amide bonds. The highest BCUT2D eigenvalue weighted by atomic mass is 32.2. The van der Waals surface area contributed by atoms with Crippen molar-refractivity contribution in [2.24, 2.45) is 39.7 Å². The number of carbonyl (C=O) groups excluding carboxylic acids is 3. The van der Waals surface area contributed by atoms with Crippen LogP contribution in [0, 0.1) is 34.0 Å². The lowest BCUT2D eigenvalue weighted by Gasteiger charge is -2.61. The van der Waals surface area contributed by atoms with Crippen LogP contribution < -0.4 is 21.5 Å². The minimum absolute atomic E-state index is 0.0290. The fourth-order valence-electron chi connectivity index (χ4n) is 9.17. The van der Waals surface area contributed by atoms with Gasteiger partial charge >= 0.3 is 5.97 Å². The molecule has 1 saturated heterocycles. The number of aliphatic hydroxyl groups excluding tert-OH is 1. The summed E-state index contributed by atoms with van der Waals surface area (Å²) in [6, 6.07) is -0.0290. The van der Waals surface area contributed by atoms with Crippen molar-refractivity contribution in [3.05, 3.63) is 33.1 Å². The number of carbonyl (C=O) groups is 3. The first kappa shape index (κ1) is 33.3. The van der Waals surface area contributed by atoms with Gasteiger partial charge < -0.3 is 20.5 Å². The summed E-state index contributed by atoms with van der Waals surface area (Å²) in [5.41, 5.74) is 2.92. The molecule has 11 heteroatoms. The Hall–Kier alpha value is -2.11. The molecule has 9 nitrogen and oxygen atoms in total. The van der Waals surface area contributed by atoms with E-state index >= 15 is 0 Å². The number of ketones is 1. The molecule has 0 aromatic heterocycles. The van der Waals surface area contributed by atoms with Crippen LogP contribution in [0.3, 0.4) is 0 Å². The van der Waals surface area contributed by atoms with Gasteiger partial charge in [-0.2, -0.15) is 0 Å². The van der Waals surface area contributed by atoms with E-state index in [1.54, 1.807) is 6.08 Å². The Morgan fingerprint density at radius 2 is 1.86 bits per heavy atom. The molecule has 0 spiro atoms. The Morgan fingerprint density at radius 3 is 2.55 bits per heavy atom. The Bertz CT molecular complexity index is 1410. The topological polar surface area (TPSA) is 144 Å². The number of hydrogen-bond donors (Lipinski definition) is 2. The minimum Gasteiger partial charge on any atom is -0.461 e. The Kier molecular flexibility index (Phi) is 9.26. The molecule has 5 rings (SSSR count). The van der Waals surface area contributed by atoms with Gasteiger partial charge in [0, 0.05) is 41.5 Å². The maximum absolute atomic E-state index is 13.6. The van der Waals surface area contributed by atoms with Crippen LogP contribution in [0.15, 0.2) is 27.1 Å². The fourth-order valence-corrected chi connectivity index (χ4v) is 11.0. The second kappa shape index (κ2) is 12.2. The van der Waals surface area contributed by atoms with Crippen molar-refractivity contribution in [1.29, 1.82) is 0 Å². The number of aliphatic hydroxyl groups is 1. The molecule has 3 saturated carbocycles. The molecule has 242 valence electrons. The normalized spacial score (nSPS) is 38.7. The molecule has 1 heterocycles. The number of amides is 1. The zero-order valence-corrected chi connectivity index (χ0v) is 27.9. The number of thioether (sulfide) groups is 2. The van der Waals surface area contributed by atoms with Gasteiger partial charge in [0.2, 0.25) is 11.3 Å². The zero-order chi connectivity index (χ0) is 32.2. The van der Waals surface area contributed by atoms with E-state index in [1.807, 2.05) is 11.8 Å². The highest BCUT2D eigenvalue weighted by Gasteiger charge is 2.68. The number of primary amides is 1. The molecule has 2 bridgehead atoms. The Labute approximate surface area is 267 Å².